The minimum absolute atomic E-state index is 0.00829. The number of likely N-dealkylation sites (N-methyl/N-ethyl adjacent to an activating group) is 1. The fraction of sp³-hybridized carbons (Fsp3) is 0.902. The van der Waals surface area contributed by atoms with Crippen LogP contribution in [-0.4, -0.2) is 68.5 Å². The molecule has 8 nitrogen and oxygen atoms in total. The summed E-state index contributed by atoms with van der Waals surface area (Å²) in [5.74, 6) is -0.172. The van der Waals surface area contributed by atoms with Crippen LogP contribution in [-0.2, 0) is 18.4 Å². The molecule has 2 N–H and O–H groups in total. The van der Waals surface area contributed by atoms with Crippen LogP contribution in [0, 0.1) is 0 Å². The van der Waals surface area contributed by atoms with E-state index in [2.05, 4.69) is 43.5 Å². The highest BCUT2D eigenvalue weighted by molar-refractivity contribution is 7.45. The van der Waals surface area contributed by atoms with Gasteiger partial charge in [-0.15, -0.1) is 0 Å². The highest BCUT2D eigenvalue weighted by Crippen LogP contribution is 2.38. The van der Waals surface area contributed by atoms with Crippen molar-refractivity contribution in [3.05, 3.63) is 24.3 Å². The van der Waals surface area contributed by atoms with Gasteiger partial charge in [-0.25, -0.2) is 0 Å². The van der Waals surface area contributed by atoms with Gasteiger partial charge in [0.05, 0.1) is 39.9 Å². The van der Waals surface area contributed by atoms with Crippen molar-refractivity contribution in [3.63, 3.8) is 0 Å². The van der Waals surface area contributed by atoms with E-state index in [0.29, 0.717) is 23.9 Å². The normalized spacial score (nSPS) is 14.3. The van der Waals surface area contributed by atoms with Crippen LogP contribution in [0.5, 0.6) is 0 Å². The van der Waals surface area contributed by atoms with Crippen LogP contribution in [0.15, 0.2) is 24.3 Å². The molecule has 3 atom stereocenters. The van der Waals surface area contributed by atoms with Crippen molar-refractivity contribution in [3.8, 4) is 0 Å². The molecule has 60 heavy (non-hydrogen) atoms. The summed E-state index contributed by atoms with van der Waals surface area (Å²) in [5.41, 5.74) is 0. The highest BCUT2D eigenvalue weighted by Gasteiger charge is 2.24. The number of phosphoric acid groups is 1. The molecule has 0 aliphatic heterocycles. The number of aliphatic hydroxyl groups excluding tert-OH is 1. The number of rotatable bonds is 47. The Kier molecular flexibility index (Phi) is 42.5. The van der Waals surface area contributed by atoms with Gasteiger partial charge in [0, 0.05) is 6.42 Å². The predicted molar refractivity (Wildman–Crippen MR) is 256 cm³/mol. The second-order valence-corrected chi connectivity index (χ2v) is 20.3. The first-order chi connectivity index (χ1) is 29.0. The van der Waals surface area contributed by atoms with Crippen LogP contribution in [0.2, 0.25) is 0 Å². The van der Waals surface area contributed by atoms with Gasteiger partial charge in [-0.05, 0) is 64.2 Å². The molecule has 0 radical (unpaired) electrons. The molecular weight excluding hydrogens is 768 g/mol. The third-order valence-electron chi connectivity index (χ3n) is 11.7. The molecule has 0 heterocycles. The number of hydrogen-bond acceptors (Lipinski definition) is 6. The fourth-order valence-corrected chi connectivity index (χ4v) is 8.28. The molecule has 9 heteroatoms. The molecule has 0 bridgehead atoms. The quantitative estimate of drug-likeness (QED) is 0.0273. The van der Waals surface area contributed by atoms with E-state index in [9.17, 15) is 19.4 Å². The summed E-state index contributed by atoms with van der Waals surface area (Å²) >= 11 is 0. The topological polar surface area (TPSA) is 108 Å². The minimum atomic E-state index is -4.57. The Hall–Kier alpha value is -1.02. The molecule has 0 aromatic carbocycles. The van der Waals surface area contributed by atoms with E-state index in [1.165, 1.54) is 173 Å². The van der Waals surface area contributed by atoms with Crippen LogP contribution in [0.1, 0.15) is 245 Å². The summed E-state index contributed by atoms with van der Waals surface area (Å²) in [4.78, 5) is 25.4. The van der Waals surface area contributed by atoms with Crippen molar-refractivity contribution in [1.29, 1.82) is 0 Å². The van der Waals surface area contributed by atoms with E-state index in [1.54, 1.807) is 0 Å². The van der Waals surface area contributed by atoms with E-state index < -0.39 is 20.0 Å². The maximum atomic E-state index is 12.9. The Morgan fingerprint density at radius 1 is 0.567 bits per heavy atom. The molecule has 1 unspecified atom stereocenters. The lowest BCUT2D eigenvalue weighted by Crippen LogP contribution is -2.46. The monoisotopic (exact) mass is 869 g/mol. The van der Waals surface area contributed by atoms with E-state index in [1.807, 2.05) is 21.1 Å². The Balaban J connectivity index is 4.23. The van der Waals surface area contributed by atoms with Crippen molar-refractivity contribution >= 4 is 13.7 Å². The largest absolute Gasteiger partial charge is 0.756 e. The zero-order valence-electron chi connectivity index (χ0n) is 40.4. The number of unbranched alkanes of at least 4 members (excludes halogenated alkanes) is 30. The number of carbonyl (C=O) groups is 1. The van der Waals surface area contributed by atoms with Gasteiger partial charge in [-0.3, -0.25) is 9.36 Å². The Labute approximate surface area is 373 Å². The second-order valence-electron chi connectivity index (χ2n) is 18.9. The maximum Gasteiger partial charge on any atom is 0.268 e. The Bertz CT molecular complexity index is 1030. The van der Waals surface area contributed by atoms with Gasteiger partial charge in [0.25, 0.3) is 7.82 Å². The van der Waals surface area contributed by atoms with E-state index in [0.717, 1.165) is 44.9 Å². The lowest BCUT2D eigenvalue weighted by Gasteiger charge is -2.30. The summed E-state index contributed by atoms with van der Waals surface area (Å²) in [6.07, 6.45) is 51.9. The number of amides is 1. The third-order valence-corrected chi connectivity index (χ3v) is 12.6. The summed E-state index contributed by atoms with van der Waals surface area (Å²) in [6, 6.07) is -0.814. The summed E-state index contributed by atoms with van der Waals surface area (Å²) < 4.78 is 23.3. The zero-order valence-corrected chi connectivity index (χ0v) is 41.3. The van der Waals surface area contributed by atoms with Crippen LogP contribution >= 0.6 is 7.82 Å². The van der Waals surface area contributed by atoms with Gasteiger partial charge in [0.15, 0.2) is 0 Å². The van der Waals surface area contributed by atoms with Crippen molar-refractivity contribution in [2.75, 3.05) is 40.9 Å². The van der Waals surface area contributed by atoms with Crippen LogP contribution in [0.25, 0.3) is 0 Å². The molecule has 356 valence electrons. The number of aliphatic hydroxyl groups is 1. The fourth-order valence-electron chi connectivity index (χ4n) is 7.56. The molecule has 1 amide bonds. The Morgan fingerprint density at radius 3 is 1.30 bits per heavy atom. The summed E-state index contributed by atoms with van der Waals surface area (Å²) in [7, 11) is 1.29. The average Bonchev–Trinajstić information content (AvgIpc) is 3.20. The van der Waals surface area contributed by atoms with Gasteiger partial charge in [0.2, 0.25) is 5.91 Å². The first kappa shape index (κ1) is 59.0. The van der Waals surface area contributed by atoms with Gasteiger partial charge in [-0.2, -0.15) is 0 Å². The number of quaternary nitrogens is 1. The molecule has 0 aromatic rings. The molecule has 0 aliphatic carbocycles. The van der Waals surface area contributed by atoms with E-state index >= 15 is 0 Å². The number of nitrogens with zero attached hydrogens (tertiary/aromatic N) is 1. The molecule has 0 rings (SSSR count). The SMILES string of the molecule is CCCCCCCC/C=C/CCCCCCCCCCCCCCCC(=O)N[C@@H](COP(=O)([O-])OCC[N+](C)(C)C)[C@H](O)CCCC/C=C/CCCCCCCCCCC. The smallest absolute Gasteiger partial charge is 0.268 e. The van der Waals surface area contributed by atoms with Crippen LogP contribution in [0.3, 0.4) is 0 Å². The number of carbonyl (C=O) groups excluding carboxylic acids is 1. The molecule has 0 saturated heterocycles. The van der Waals surface area contributed by atoms with Gasteiger partial charge < -0.3 is 28.8 Å². The second kappa shape index (κ2) is 43.2. The first-order valence-electron chi connectivity index (χ1n) is 25.7. The number of allylic oxidation sites excluding steroid dienone is 4. The average molecular weight is 869 g/mol. The molecule has 0 aromatic heterocycles. The number of nitrogens with one attached hydrogen (secondary N) is 1. The molecule has 0 spiro atoms. The minimum Gasteiger partial charge on any atom is -0.756 e. The zero-order chi connectivity index (χ0) is 44.3. The third kappa shape index (κ3) is 45.0. The van der Waals surface area contributed by atoms with Gasteiger partial charge in [0.1, 0.15) is 13.2 Å². The molecule has 0 fully saturated rings. The van der Waals surface area contributed by atoms with Crippen molar-refractivity contribution in [2.24, 2.45) is 0 Å². The van der Waals surface area contributed by atoms with Gasteiger partial charge >= 0.3 is 0 Å². The molecular formula is C51H101N2O6P. The lowest BCUT2D eigenvalue weighted by molar-refractivity contribution is -0.870. The van der Waals surface area contributed by atoms with E-state index in [4.69, 9.17) is 9.05 Å². The van der Waals surface area contributed by atoms with E-state index in [-0.39, 0.29) is 19.1 Å². The van der Waals surface area contributed by atoms with Crippen molar-refractivity contribution in [1.82, 2.24) is 5.32 Å². The molecule has 0 aliphatic rings. The number of phosphoric ester groups is 1. The molecule has 0 saturated carbocycles. The summed E-state index contributed by atoms with van der Waals surface area (Å²) in [6.45, 7) is 4.71. The first-order valence-corrected chi connectivity index (χ1v) is 27.1. The maximum absolute atomic E-state index is 12.9. The number of hydrogen-bond donors (Lipinski definition) is 2. The lowest BCUT2D eigenvalue weighted by atomic mass is 10.0. The Morgan fingerprint density at radius 2 is 0.917 bits per heavy atom. The van der Waals surface area contributed by atoms with Crippen molar-refractivity contribution < 1.29 is 32.9 Å². The van der Waals surface area contributed by atoms with Crippen LogP contribution in [0.4, 0.5) is 0 Å². The standard InChI is InChI=1S/C51H101N2O6P/c1-6-8-10-12-14-16-18-20-22-23-24-25-26-27-28-29-31-33-35-37-39-41-43-45-51(55)52-49(48-59-60(56,57)58-47-46-53(3,4)5)50(54)44-42-40-38-36-34-32-30-21-19-17-15-13-11-9-7-2/h20,22,34,36,49-50,54H,6-19,21,23-33,35,37-48H2,1-5H3,(H-,52,55,56,57)/b22-20+,36-34+/t49-,50+/m0/s1. The van der Waals surface area contributed by atoms with Crippen molar-refractivity contribution in [2.45, 2.75) is 257 Å². The van der Waals surface area contributed by atoms with Gasteiger partial charge in [-0.1, -0.05) is 199 Å². The highest BCUT2D eigenvalue weighted by atomic mass is 31.2. The predicted octanol–water partition coefficient (Wildman–Crippen LogP) is 14.2. The van der Waals surface area contributed by atoms with Crippen LogP contribution < -0.4 is 10.2 Å². The summed E-state index contributed by atoms with van der Waals surface area (Å²) in [5, 5.41) is 13.9.